The van der Waals surface area contributed by atoms with Crippen LogP contribution in [0.15, 0.2) is 0 Å². The summed E-state index contributed by atoms with van der Waals surface area (Å²) >= 11 is 5.51. The van der Waals surface area contributed by atoms with E-state index in [2.05, 4.69) is 31.9 Å². The van der Waals surface area contributed by atoms with Crippen LogP contribution in [0, 0.1) is 0 Å². The van der Waals surface area contributed by atoms with Gasteiger partial charge in [-0.25, -0.2) is 0 Å². The summed E-state index contributed by atoms with van der Waals surface area (Å²) in [6.07, 6.45) is 0. The Balaban J connectivity index is 0. The van der Waals surface area contributed by atoms with Gasteiger partial charge in [0, 0.05) is 27.3 Å². The van der Waals surface area contributed by atoms with Gasteiger partial charge in [0.2, 0.25) is 0 Å². The molecule has 0 atom stereocenters. The SMILES string of the molecule is O=C(O)C(Br)Br.[Cd]. The molecule has 0 fully saturated rings. The molecule has 0 saturated heterocycles. The number of rotatable bonds is 1. The second-order valence-electron chi connectivity index (χ2n) is 0.639. The fraction of sp³-hybridized carbons (Fsp3) is 0.500. The Hall–Kier alpha value is 1.35. The molecule has 0 aromatic carbocycles. The molecule has 38 valence electrons. The maximum absolute atomic E-state index is 9.61. The van der Waals surface area contributed by atoms with Gasteiger partial charge in [-0.05, 0) is 0 Å². The Labute approximate surface area is 78.1 Å². The molecule has 0 aliphatic heterocycles. The zero-order valence-corrected chi connectivity index (χ0v) is 10.6. The topological polar surface area (TPSA) is 37.3 Å². The van der Waals surface area contributed by atoms with Crippen molar-refractivity contribution in [2.24, 2.45) is 0 Å². The molecular formula is C2H2Br2CdO2. The number of carbonyl (C=O) groups is 1. The smallest absolute Gasteiger partial charge is 0.328 e. The van der Waals surface area contributed by atoms with E-state index >= 15 is 0 Å². The third-order valence-corrected chi connectivity index (χ3v) is 0.970. The van der Waals surface area contributed by atoms with Crippen molar-refractivity contribution in [1.82, 2.24) is 0 Å². The molecule has 0 radical (unpaired) electrons. The summed E-state index contributed by atoms with van der Waals surface area (Å²) in [6.45, 7) is 0. The maximum Gasteiger partial charge on any atom is 0.328 e. The van der Waals surface area contributed by atoms with Gasteiger partial charge >= 0.3 is 5.97 Å². The third kappa shape index (κ3) is 7.35. The van der Waals surface area contributed by atoms with Crippen LogP contribution in [-0.4, -0.2) is 14.8 Å². The van der Waals surface area contributed by atoms with Gasteiger partial charge in [-0.15, -0.1) is 0 Å². The summed E-state index contributed by atoms with van der Waals surface area (Å²) in [5.41, 5.74) is 0. The predicted octanol–water partition coefficient (Wildman–Crippen LogP) is 1.18. The van der Waals surface area contributed by atoms with Crippen molar-refractivity contribution in [2.45, 2.75) is 3.74 Å². The van der Waals surface area contributed by atoms with Gasteiger partial charge in [-0.1, -0.05) is 31.9 Å². The number of halogens is 2. The minimum atomic E-state index is -0.907. The minimum absolute atomic E-state index is 0. The van der Waals surface area contributed by atoms with Gasteiger partial charge < -0.3 is 5.11 Å². The van der Waals surface area contributed by atoms with E-state index in [9.17, 15) is 4.79 Å². The first kappa shape index (κ1) is 11.2. The molecule has 0 unspecified atom stereocenters. The van der Waals surface area contributed by atoms with Gasteiger partial charge in [0.05, 0.1) is 0 Å². The van der Waals surface area contributed by atoms with Crippen LogP contribution < -0.4 is 0 Å². The Morgan fingerprint density at radius 1 is 1.57 bits per heavy atom. The van der Waals surface area contributed by atoms with Crippen LogP contribution in [0.25, 0.3) is 0 Å². The van der Waals surface area contributed by atoms with E-state index in [4.69, 9.17) is 5.11 Å². The molecule has 0 bridgehead atoms. The second-order valence-corrected chi connectivity index (χ2v) is 3.70. The number of hydrogen-bond acceptors (Lipinski definition) is 1. The van der Waals surface area contributed by atoms with E-state index in [1.54, 1.807) is 0 Å². The molecule has 0 aliphatic rings. The summed E-state index contributed by atoms with van der Waals surface area (Å²) in [7, 11) is 0. The van der Waals surface area contributed by atoms with Gasteiger partial charge in [0.25, 0.3) is 0 Å². The Bertz CT molecular complexity index is 64.7. The normalized spacial score (nSPS) is 7.86. The molecule has 5 heteroatoms. The predicted molar refractivity (Wildman–Crippen MR) is 29.3 cm³/mol. The average Bonchev–Trinajstić information content (AvgIpc) is 1.36. The molecule has 2 nitrogen and oxygen atoms in total. The van der Waals surface area contributed by atoms with Crippen LogP contribution in [0.2, 0.25) is 0 Å². The van der Waals surface area contributed by atoms with Crippen LogP contribution in [0.1, 0.15) is 0 Å². The monoisotopic (exact) mass is 330 g/mol. The number of aliphatic carboxylic acids is 1. The van der Waals surface area contributed by atoms with E-state index < -0.39 is 9.71 Å². The van der Waals surface area contributed by atoms with E-state index in [1.807, 2.05) is 0 Å². The Kier molecular flexibility index (Phi) is 8.77. The van der Waals surface area contributed by atoms with Gasteiger partial charge in [-0.2, -0.15) is 0 Å². The van der Waals surface area contributed by atoms with Crippen LogP contribution in [-0.2, 0) is 32.1 Å². The van der Waals surface area contributed by atoms with Crippen LogP contribution in [0.5, 0.6) is 0 Å². The Morgan fingerprint density at radius 3 is 1.71 bits per heavy atom. The third-order valence-electron chi connectivity index (χ3n) is 0.187. The zero-order valence-electron chi connectivity index (χ0n) is 3.40. The van der Waals surface area contributed by atoms with E-state index in [1.165, 1.54) is 0 Å². The summed E-state index contributed by atoms with van der Waals surface area (Å²) in [4.78, 5) is 9.61. The summed E-state index contributed by atoms with van der Waals surface area (Å²) < 4.78 is -0.606. The molecule has 0 aliphatic carbocycles. The molecule has 0 aromatic heterocycles. The molecule has 7 heavy (non-hydrogen) atoms. The first-order chi connectivity index (χ1) is 2.64. The van der Waals surface area contributed by atoms with Crippen molar-refractivity contribution in [2.75, 3.05) is 0 Å². The number of alkyl halides is 2. The summed E-state index contributed by atoms with van der Waals surface area (Å²) in [6, 6.07) is 0. The number of carboxylic acid groups (broad SMARTS) is 1. The largest absolute Gasteiger partial charge is 0.480 e. The maximum atomic E-state index is 9.61. The van der Waals surface area contributed by atoms with Gasteiger partial charge in [0.1, 0.15) is 0 Å². The molecule has 0 spiro atoms. The van der Waals surface area contributed by atoms with E-state index in [0.29, 0.717) is 0 Å². The van der Waals surface area contributed by atoms with E-state index in [-0.39, 0.29) is 27.3 Å². The van der Waals surface area contributed by atoms with Crippen molar-refractivity contribution in [1.29, 1.82) is 0 Å². The van der Waals surface area contributed by atoms with Crippen molar-refractivity contribution in [3.63, 3.8) is 0 Å². The molecule has 0 heterocycles. The second kappa shape index (κ2) is 5.49. The number of hydrogen-bond donors (Lipinski definition) is 1. The zero-order chi connectivity index (χ0) is 5.15. The fourth-order valence-corrected chi connectivity index (χ4v) is 0. The molecule has 0 saturated carbocycles. The van der Waals surface area contributed by atoms with Crippen molar-refractivity contribution in [3.8, 4) is 0 Å². The number of carboxylic acids is 1. The molecule has 0 aromatic rings. The summed E-state index contributed by atoms with van der Waals surface area (Å²) in [5.74, 6) is -0.907. The minimum Gasteiger partial charge on any atom is -0.480 e. The standard InChI is InChI=1S/C2H2Br2O2.Cd/c3-1(4)2(5)6;/h1H,(H,5,6);. The quantitative estimate of drug-likeness (QED) is 0.579. The van der Waals surface area contributed by atoms with Crippen molar-refractivity contribution >= 4 is 37.8 Å². The van der Waals surface area contributed by atoms with Crippen molar-refractivity contribution in [3.05, 3.63) is 0 Å². The van der Waals surface area contributed by atoms with Crippen LogP contribution in [0.3, 0.4) is 0 Å². The van der Waals surface area contributed by atoms with Crippen LogP contribution in [0.4, 0.5) is 0 Å². The average molecular weight is 330 g/mol. The first-order valence-electron chi connectivity index (χ1n) is 1.15. The Morgan fingerprint density at radius 2 is 1.71 bits per heavy atom. The molecular weight excluding hydrogens is 328 g/mol. The molecule has 0 rings (SSSR count). The first-order valence-corrected chi connectivity index (χ1v) is 2.98. The van der Waals surface area contributed by atoms with Gasteiger partial charge in [-0.3, -0.25) is 4.79 Å². The summed E-state index contributed by atoms with van der Waals surface area (Å²) in [5, 5.41) is 7.90. The van der Waals surface area contributed by atoms with Crippen molar-refractivity contribution < 1.29 is 37.2 Å². The molecule has 0 amide bonds. The van der Waals surface area contributed by atoms with E-state index in [0.717, 1.165) is 0 Å². The van der Waals surface area contributed by atoms with Gasteiger partial charge in [0.15, 0.2) is 3.74 Å². The van der Waals surface area contributed by atoms with Crippen LogP contribution >= 0.6 is 31.9 Å². The molecule has 1 N–H and O–H groups in total. The fourth-order valence-electron chi connectivity index (χ4n) is 0.